The van der Waals surface area contributed by atoms with E-state index in [1.807, 2.05) is 36.4 Å². The number of piperidine rings is 1. The number of fused-ring (bicyclic) bond motifs is 1. The van der Waals surface area contributed by atoms with E-state index in [2.05, 4.69) is 45.0 Å². The van der Waals surface area contributed by atoms with Crippen LogP contribution in [-0.2, 0) is 0 Å². The number of aromatic nitrogens is 1. The van der Waals surface area contributed by atoms with E-state index >= 15 is 0 Å². The second-order valence-corrected chi connectivity index (χ2v) is 8.28. The summed E-state index contributed by atoms with van der Waals surface area (Å²) in [4.78, 5) is 19.0. The Kier molecular flexibility index (Phi) is 5.46. The number of H-pyrrole nitrogens is 1. The maximum absolute atomic E-state index is 13.0. The number of rotatable bonds is 5. The van der Waals surface area contributed by atoms with Gasteiger partial charge >= 0.3 is 0 Å². The highest BCUT2D eigenvalue weighted by Crippen LogP contribution is 2.34. The molecule has 140 valence electrons. The van der Waals surface area contributed by atoms with E-state index in [1.54, 1.807) is 0 Å². The Balaban J connectivity index is 1.62. The van der Waals surface area contributed by atoms with E-state index in [9.17, 15) is 4.79 Å². The fourth-order valence-electron chi connectivity index (χ4n) is 4.21. The van der Waals surface area contributed by atoms with Crippen molar-refractivity contribution in [1.29, 1.82) is 0 Å². The van der Waals surface area contributed by atoms with Gasteiger partial charge in [0, 0.05) is 32.7 Å². The minimum Gasteiger partial charge on any atom is -0.361 e. The van der Waals surface area contributed by atoms with Gasteiger partial charge in [-0.2, -0.15) is 0 Å². The summed E-state index contributed by atoms with van der Waals surface area (Å²) in [5.41, 5.74) is 3.94. The molecule has 0 bridgehead atoms. The van der Waals surface area contributed by atoms with Crippen LogP contribution in [0.2, 0.25) is 0 Å². The molecule has 1 N–H and O–H groups in total. The summed E-state index contributed by atoms with van der Waals surface area (Å²) in [5.74, 6) is 0.634. The van der Waals surface area contributed by atoms with E-state index in [0.717, 1.165) is 15.6 Å². The summed E-state index contributed by atoms with van der Waals surface area (Å²) < 4.78 is 0.840. The zero-order valence-corrected chi connectivity index (χ0v) is 17.3. The molecule has 3 aromatic rings. The van der Waals surface area contributed by atoms with Gasteiger partial charge in [-0.3, -0.25) is 4.79 Å². The van der Waals surface area contributed by atoms with Crippen molar-refractivity contribution in [3.8, 4) is 0 Å². The molecule has 4 heteroatoms. The van der Waals surface area contributed by atoms with E-state index in [-0.39, 0.29) is 5.78 Å². The number of halogens is 1. The van der Waals surface area contributed by atoms with Gasteiger partial charge in [-0.05, 0) is 80.7 Å². The second-order valence-electron chi connectivity index (χ2n) is 7.43. The molecule has 4 rings (SSSR count). The largest absolute Gasteiger partial charge is 0.361 e. The Labute approximate surface area is 168 Å². The summed E-state index contributed by atoms with van der Waals surface area (Å²) in [6.45, 7) is 5.78. The molecule has 0 saturated carbocycles. The molecule has 1 aliphatic rings. The van der Waals surface area contributed by atoms with Crippen molar-refractivity contribution in [3.63, 3.8) is 0 Å². The number of carbonyl (C=O) groups is 1. The van der Waals surface area contributed by atoms with Gasteiger partial charge in [0.05, 0.1) is 0 Å². The Bertz CT molecular complexity index is 954. The molecular formula is C23H25BrN2O. The van der Waals surface area contributed by atoms with Crippen LogP contribution in [0.1, 0.15) is 53.6 Å². The third kappa shape index (κ3) is 3.74. The number of nitrogens with zero attached hydrogens (tertiary/aromatic N) is 1. The van der Waals surface area contributed by atoms with Crippen LogP contribution < -0.4 is 0 Å². The summed E-state index contributed by atoms with van der Waals surface area (Å²) in [7, 11) is 0. The van der Waals surface area contributed by atoms with E-state index in [1.165, 1.54) is 49.8 Å². The number of nitrogens with one attached hydrogen (secondary N) is 1. The summed E-state index contributed by atoms with van der Waals surface area (Å²) in [5, 5.41) is 1.20. The van der Waals surface area contributed by atoms with Crippen molar-refractivity contribution < 1.29 is 4.79 Å². The number of ketones is 1. The number of benzene rings is 2. The zero-order chi connectivity index (χ0) is 18.8. The van der Waals surface area contributed by atoms with Crippen molar-refractivity contribution in [2.45, 2.75) is 32.1 Å². The van der Waals surface area contributed by atoms with E-state index < -0.39 is 0 Å². The Morgan fingerprint density at radius 3 is 2.70 bits per heavy atom. The van der Waals surface area contributed by atoms with Crippen LogP contribution in [0.5, 0.6) is 0 Å². The minimum atomic E-state index is 0.0642. The average Bonchev–Trinajstić information content (AvgIpc) is 3.12. The monoisotopic (exact) mass is 424 g/mol. The second kappa shape index (κ2) is 7.99. The van der Waals surface area contributed by atoms with Gasteiger partial charge in [-0.15, -0.1) is 0 Å². The van der Waals surface area contributed by atoms with Crippen LogP contribution in [0.4, 0.5) is 0 Å². The van der Waals surface area contributed by atoms with Crippen LogP contribution >= 0.6 is 15.9 Å². The van der Waals surface area contributed by atoms with Gasteiger partial charge in [-0.25, -0.2) is 0 Å². The zero-order valence-electron chi connectivity index (χ0n) is 15.7. The third-order valence-corrected chi connectivity index (χ3v) is 6.35. The van der Waals surface area contributed by atoms with E-state index in [4.69, 9.17) is 0 Å². The molecule has 0 unspecified atom stereocenters. The first-order chi connectivity index (χ1) is 13.2. The highest BCUT2D eigenvalue weighted by molar-refractivity contribution is 9.10. The molecule has 1 fully saturated rings. The van der Waals surface area contributed by atoms with Crippen LogP contribution in [0.25, 0.3) is 10.9 Å². The van der Waals surface area contributed by atoms with Crippen molar-refractivity contribution >= 4 is 32.6 Å². The SMILES string of the molecule is CCCN1CCC(c2c[nH]c3ccc(C(=O)c4ccccc4Br)cc23)CC1. The Morgan fingerprint density at radius 1 is 1.19 bits per heavy atom. The number of hydrogen-bond acceptors (Lipinski definition) is 2. The van der Waals surface area contributed by atoms with Crippen molar-refractivity contribution in [2.24, 2.45) is 0 Å². The van der Waals surface area contributed by atoms with Gasteiger partial charge < -0.3 is 9.88 Å². The van der Waals surface area contributed by atoms with Gasteiger partial charge in [0.1, 0.15) is 0 Å². The average molecular weight is 425 g/mol. The van der Waals surface area contributed by atoms with E-state index in [0.29, 0.717) is 11.5 Å². The first-order valence-electron chi connectivity index (χ1n) is 9.80. The molecular weight excluding hydrogens is 400 g/mol. The van der Waals surface area contributed by atoms with Crippen molar-refractivity contribution in [3.05, 3.63) is 69.8 Å². The molecule has 0 radical (unpaired) electrons. The molecule has 0 atom stereocenters. The molecule has 3 nitrogen and oxygen atoms in total. The van der Waals surface area contributed by atoms with Crippen molar-refractivity contribution in [1.82, 2.24) is 9.88 Å². The maximum atomic E-state index is 13.0. The standard InChI is InChI=1S/C23H25BrN2O/c1-2-11-26-12-9-16(10-13-26)20-15-25-22-8-7-17(14-19(20)22)23(27)18-5-3-4-6-21(18)24/h3-8,14-16,25H,2,9-13H2,1H3. The van der Waals surface area contributed by atoms with Crippen LogP contribution in [0.3, 0.4) is 0 Å². The number of hydrogen-bond donors (Lipinski definition) is 1. The van der Waals surface area contributed by atoms with Gasteiger partial charge in [-0.1, -0.05) is 35.0 Å². The number of aromatic amines is 1. The van der Waals surface area contributed by atoms with Crippen LogP contribution in [-0.4, -0.2) is 35.3 Å². The van der Waals surface area contributed by atoms with Gasteiger partial charge in [0.2, 0.25) is 0 Å². The molecule has 1 saturated heterocycles. The van der Waals surface area contributed by atoms with Crippen LogP contribution in [0.15, 0.2) is 53.1 Å². The lowest BCUT2D eigenvalue weighted by Crippen LogP contribution is -2.33. The first kappa shape index (κ1) is 18.5. The van der Waals surface area contributed by atoms with Gasteiger partial charge in [0.25, 0.3) is 0 Å². The fraction of sp³-hybridized carbons (Fsp3) is 0.348. The molecule has 2 heterocycles. The molecule has 0 amide bonds. The topological polar surface area (TPSA) is 36.1 Å². The summed E-state index contributed by atoms with van der Waals surface area (Å²) in [6.07, 6.45) is 5.75. The summed E-state index contributed by atoms with van der Waals surface area (Å²) >= 11 is 3.50. The fourth-order valence-corrected chi connectivity index (χ4v) is 4.67. The molecule has 0 spiro atoms. The summed E-state index contributed by atoms with van der Waals surface area (Å²) in [6, 6.07) is 13.7. The highest BCUT2D eigenvalue weighted by atomic mass is 79.9. The predicted octanol–water partition coefficient (Wildman–Crippen LogP) is 5.75. The number of carbonyl (C=O) groups excluding carboxylic acids is 1. The maximum Gasteiger partial charge on any atom is 0.194 e. The Morgan fingerprint density at radius 2 is 1.96 bits per heavy atom. The molecule has 27 heavy (non-hydrogen) atoms. The quantitative estimate of drug-likeness (QED) is 0.529. The van der Waals surface area contributed by atoms with Crippen LogP contribution in [0, 0.1) is 0 Å². The molecule has 1 aliphatic heterocycles. The lowest BCUT2D eigenvalue weighted by molar-refractivity contribution is 0.103. The lowest BCUT2D eigenvalue weighted by Gasteiger charge is -2.31. The molecule has 0 aliphatic carbocycles. The normalized spacial score (nSPS) is 16.1. The predicted molar refractivity (Wildman–Crippen MR) is 115 cm³/mol. The lowest BCUT2D eigenvalue weighted by atomic mass is 9.88. The molecule has 2 aromatic carbocycles. The first-order valence-corrected chi connectivity index (χ1v) is 10.6. The van der Waals surface area contributed by atoms with Crippen molar-refractivity contribution in [2.75, 3.05) is 19.6 Å². The highest BCUT2D eigenvalue weighted by Gasteiger charge is 2.23. The minimum absolute atomic E-state index is 0.0642. The smallest absolute Gasteiger partial charge is 0.194 e. The Hall–Kier alpha value is -1.91. The van der Waals surface area contributed by atoms with Gasteiger partial charge in [0.15, 0.2) is 5.78 Å². The third-order valence-electron chi connectivity index (χ3n) is 5.66. The number of likely N-dealkylation sites (tertiary alicyclic amines) is 1. The molecule has 1 aromatic heterocycles.